The lowest BCUT2D eigenvalue weighted by molar-refractivity contribution is 0.0951. The molecule has 0 aromatic heterocycles. The van der Waals surface area contributed by atoms with E-state index in [4.69, 9.17) is 11.6 Å². The van der Waals surface area contributed by atoms with Crippen LogP contribution in [-0.4, -0.2) is 12.5 Å². The first-order valence-electron chi connectivity index (χ1n) is 6.62. The van der Waals surface area contributed by atoms with E-state index in [1.54, 1.807) is 0 Å². The summed E-state index contributed by atoms with van der Waals surface area (Å²) in [6.45, 7) is 1.42. The van der Waals surface area contributed by atoms with Crippen LogP contribution in [0.5, 0.6) is 0 Å². The van der Waals surface area contributed by atoms with Gasteiger partial charge in [0.25, 0.3) is 5.91 Å². The van der Waals surface area contributed by atoms with Crippen molar-refractivity contribution in [1.82, 2.24) is 5.32 Å². The molecular weight excluding hydrogens is 272 g/mol. The molecule has 3 rings (SSSR count). The van der Waals surface area contributed by atoms with Crippen molar-refractivity contribution < 1.29 is 4.79 Å². The molecule has 1 aliphatic rings. The van der Waals surface area contributed by atoms with E-state index in [9.17, 15) is 4.79 Å². The molecular formula is C16H15ClN2O. The average molecular weight is 287 g/mol. The topological polar surface area (TPSA) is 41.1 Å². The van der Waals surface area contributed by atoms with Crippen molar-refractivity contribution in [2.45, 2.75) is 13.0 Å². The molecule has 0 saturated heterocycles. The van der Waals surface area contributed by atoms with Crippen LogP contribution in [0.15, 0.2) is 42.5 Å². The third kappa shape index (κ3) is 2.78. The Labute approximate surface area is 123 Å². The molecule has 20 heavy (non-hydrogen) atoms. The lowest BCUT2D eigenvalue weighted by Crippen LogP contribution is -2.22. The molecule has 4 heteroatoms. The number of carbonyl (C=O) groups excluding carboxylic acids is 1. The Morgan fingerprint density at radius 1 is 1.25 bits per heavy atom. The molecule has 1 heterocycles. The van der Waals surface area contributed by atoms with Crippen LogP contribution >= 0.6 is 11.6 Å². The standard InChI is InChI=1S/C16H15ClN2O/c17-14-3-1-2-11(8-14)10-19-16(20)13-5-4-12-6-7-18-15(12)9-13/h1-5,8-9,18H,6-7,10H2,(H,19,20). The summed E-state index contributed by atoms with van der Waals surface area (Å²) >= 11 is 5.92. The summed E-state index contributed by atoms with van der Waals surface area (Å²) in [4.78, 5) is 12.1. The number of fused-ring (bicyclic) bond motifs is 1. The molecule has 0 radical (unpaired) electrons. The molecule has 0 aliphatic carbocycles. The lowest BCUT2D eigenvalue weighted by Gasteiger charge is -2.07. The minimum absolute atomic E-state index is 0.0681. The van der Waals surface area contributed by atoms with Gasteiger partial charge in [0, 0.05) is 29.4 Å². The second-order valence-electron chi connectivity index (χ2n) is 4.86. The number of rotatable bonds is 3. The van der Waals surface area contributed by atoms with Crippen molar-refractivity contribution in [2.75, 3.05) is 11.9 Å². The van der Waals surface area contributed by atoms with Crippen molar-refractivity contribution in [1.29, 1.82) is 0 Å². The molecule has 2 aromatic carbocycles. The summed E-state index contributed by atoms with van der Waals surface area (Å²) in [7, 11) is 0. The zero-order valence-electron chi connectivity index (χ0n) is 10.9. The number of halogens is 1. The maximum atomic E-state index is 12.1. The summed E-state index contributed by atoms with van der Waals surface area (Å²) in [5.74, 6) is -0.0681. The Bertz CT molecular complexity index is 655. The predicted molar refractivity (Wildman–Crippen MR) is 81.3 cm³/mol. The van der Waals surface area contributed by atoms with Gasteiger partial charge in [0.1, 0.15) is 0 Å². The van der Waals surface area contributed by atoms with Crippen LogP contribution < -0.4 is 10.6 Å². The second kappa shape index (κ2) is 5.55. The zero-order chi connectivity index (χ0) is 13.9. The number of benzene rings is 2. The van der Waals surface area contributed by atoms with Crippen molar-refractivity contribution in [3.8, 4) is 0 Å². The molecule has 3 nitrogen and oxygen atoms in total. The van der Waals surface area contributed by atoms with Crippen LogP contribution in [0.2, 0.25) is 5.02 Å². The monoisotopic (exact) mass is 286 g/mol. The molecule has 0 saturated carbocycles. The van der Waals surface area contributed by atoms with Gasteiger partial charge in [0.2, 0.25) is 0 Å². The zero-order valence-corrected chi connectivity index (χ0v) is 11.7. The molecule has 2 aromatic rings. The van der Waals surface area contributed by atoms with Crippen LogP contribution in [0.25, 0.3) is 0 Å². The molecule has 0 unspecified atom stereocenters. The summed E-state index contributed by atoms with van der Waals surface area (Å²) in [6, 6.07) is 13.3. The van der Waals surface area contributed by atoms with Crippen LogP contribution in [-0.2, 0) is 13.0 Å². The highest BCUT2D eigenvalue weighted by molar-refractivity contribution is 6.30. The number of nitrogens with one attached hydrogen (secondary N) is 2. The van der Waals surface area contributed by atoms with Crippen LogP contribution in [0, 0.1) is 0 Å². The van der Waals surface area contributed by atoms with Crippen LogP contribution in [0.3, 0.4) is 0 Å². The minimum Gasteiger partial charge on any atom is -0.384 e. The smallest absolute Gasteiger partial charge is 0.251 e. The quantitative estimate of drug-likeness (QED) is 0.909. The average Bonchev–Trinajstić information content (AvgIpc) is 2.92. The highest BCUT2D eigenvalue weighted by Crippen LogP contribution is 2.23. The fourth-order valence-corrected chi connectivity index (χ4v) is 2.58. The van der Waals surface area contributed by atoms with Gasteiger partial charge in [-0.05, 0) is 41.8 Å². The van der Waals surface area contributed by atoms with E-state index < -0.39 is 0 Å². The summed E-state index contributed by atoms with van der Waals surface area (Å²) < 4.78 is 0. The van der Waals surface area contributed by atoms with E-state index in [0.29, 0.717) is 17.1 Å². The SMILES string of the molecule is O=C(NCc1cccc(Cl)c1)c1ccc2c(c1)NCC2. The molecule has 0 spiro atoms. The highest BCUT2D eigenvalue weighted by Gasteiger charge is 2.13. The predicted octanol–water partition coefficient (Wildman–Crippen LogP) is 3.24. The van der Waals surface area contributed by atoms with Gasteiger partial charge in [-0.3, -0.25) is 4.79 Å². The van der Waals surface area contributed by atoms with Gasteiger partial charge < -0.3 is 10.6 Å². The first-order valence-corrected chi connectivity index (χ1v) is 6.99. The Balaban J connectivity index is 1.67. The van der Waals surface area contributed by atoms with E-state index in [1.165, 1.54) is 5.56 Å². The summed E-state index contributed by atoms with van der Waals surface area (Å²) in [5.41, 5.74) is 4.02. The molecule has 1 aliphatic heterocycles. The van der Waals surface area contributed by atoms with Crippen LogP contribution in [0.1, 0.15) is 21.5 Å². The molecule has 0 fully saturated rings. The third-order valence-corrected chi connectivity index (χ3v) is 3.66. The third-order valence-electron chi connectivity index (χ3n) is 3.42. The molecule has 102 valence electrons. The number of hydrogen-bond donors (Lipinski definition) is 2. The Hall–Kier alpha value is -2.00. The van der Waals surface area contributed by atoms with Crippen LogP contribution in [0.4, 0.5) is 5.69 Å². The van der Waals surface area contributed by atoms with E-state index >= 15 is 0 Å². The van der Waals surface area contributed by atoms with Gasteiger partial charge in [-0.15, -0.1) is 0 Å². The summed E-state index contributed by atoms with van der Waals surface area (Å²) in [6.07, 6.45) is 1.03. The van der Waals surface area contributed by atoms with Gasteiger partial charge >= 0.3 is 0 Å². The second-order valence-corrected chi connectivity index (χ2v) is 5.30. The van der Waals surface area contributed by atoms with Gasteiger partial charge in [0.15, 0.2) is 0 Å². The van der Waals surface area contributed by atoms with E-state index in [0.717, 1.165) is 24.2 Å². The summed E-state index contributed by atoms with van der Waals surface area (Å²) in [5, 5.41) is 6.87. The normalized spacial score (nSPS) is 12.7. The van der Waals surface area contributed by atoms with Gasteiger partial charge in [-0.2, -0.15) is 0 Å². The maximum absolute atomic E-state index is 12.1. The fourth-order valence-electron chi connectivity index (χ4n) is 2.36. The number of hydrogen-bond acceptors (Lipinski definition) is 2. The van der Waals surface area contributed by atoms with Crippen molar-refractivity contribution in [3.05, 3.63) is 64.2 Å². The number of amides is 1. The largest absolute Gasteiger partial charge is 0.384 e. The molecule has 1 amide bonds. The first kappa shape index (κ1) is 13.0. The Kier molecular flexibility index (Phi) is 3.61. The van der Waals surface area contributed by atoms with E-state index in [2.05, 4.69) is 10.6 Å². The Morgan fingerprint density at radius 3 is 3.00 bits per heavy atom. The van der Waals surface area contributed by atoms with Gasteiger partial charge in [-0.1, -0.05) is 29.8 Å². The lowest BCUT2D eigenvalue weighted by atomic mass is 10.1. The van der Waals surface area contributed by atoms with Gasteiger partial charge in [-0.25, -0.2) is 0 Å². The number of carbonyl (C=O) groups is 1. The number of anilines is 1. The van der Waals surface area contributed by atoms with Crippen molar-refractivity contribution in [3.63, 3.8) is 0 Å². The van der Waals surface area contributed by atoms with E-state index in [1.807, 2.05) is 42.5 Å². The molecule has 0 atom stereocenters. The minimum atomic E-state index is -0.0681. The Morgan fingerprint density at radius 2 is 2.15 bits per heavy atom. The van der Waals surface area contributed by atoms with Crippen molar-refractivity contribution >= 4 is 23.2 Å². The first-order chi connectivity index (χ1) is 9.72. The van der Waals surface area contributed by atoms with Gasteiger partial charge in [0.05, 0.1) is 0 Å². The van der Waals surface area contributed by atoms with E-state index in [-0.39, 0.29) is 5.91 Å². The maximum Gasteiger partial charge on any atom is 0.251 e. The van der Waals surface area contributed by atoms with Crippen molar-refractivity contribution in [2.24, 2.45) is 0 Å². The highest BCUT2D eigenvalue weighted by atomic mass is 35.5. The fraction of sp³-hybridized carbons (Fsp3) is 0.188. The molecule has 0 bridgehead atoms. The molecule has 2 N–H and O–H groups in total.